The second kappa shape index (κ2) is 9.56. The van der Waals surface area contributed by atoms with Crippen LogP contribution in [0.3, 0.4) is 0 Å². The molecular weight excluding hydrogens is 340 g/mol. The van der Waals surface area contributed by atoms with Gasteiger partial charge in [0.05, 0.1) is 4.90 Å². The van der Waals surface area contributed by atoms with E-state index in [1.807, 2.05) is 20.8 Å². The van der Waals surface area contributed by atoms with Crippen LogP contribution in [0.4, 0.5) is 5.69 Å². The van der Waals surface area contributed by atoms with Gasteiger partial charge in [0.15, 0.2) is 0 Å². The second-order valence-electron chi connectivity index (χ2n) is 6.36. The molecule has 0 aliphatic rings. The summed E-state index contributed by atoms with van der Waals surface area (Å²) in [6, 6.07) is 5.79. The van der Waals surface area contributed by atoms with Crippen LogP contribution in [0.25, 0.3) is 0 Å². The van der Waals surface area contributed by atoms with Crippen LogP contribution in [0, 0.1) is 11.8 Å². The molecule has 0 aromatic heterocycles. The van der Waals surface area contributed by atoms with Crippen molar-refractivity contribution >= 4 is 27.5 Å². The molecule has 140 valence electrons. The van der Waals surface area contributed by atoms with Crippen LogP contribution in [0.2, 0.25) is 0 Å². The number of carbonyl (C=O) groups excluding carboxylic acids is 2. The van der Waals surface area contributed by atoms with Crippen molar-refractivity contribution < 1.29 is 18.0 Å². The van der Waals surface area contributed by atoms with Crippen LogP contribution in [0.5, 0.6) is 0 Å². The number of hydrogen-bond donors (Lipinski definition) is 2. The summed E-state index contributed by atoms with van der Waals surface area (Å²) in [5, 5.41) is 2.76. The zero-order chi connectivity index (χ0) is 19.0. The van der Waals surface area contributed by atoms with E-state index in [9.17, 15) is 18.0 Å². The molecule has 0 fully saturated rings. The van der Waals surface area contributed by atoms with Crippen LogP contribution >= 0.6 is 0 Å². The highest BCUT2D eigenvalue weighted by Crippen LogP contribution is 2.16. The Kier molecular flexibility index (Phi) is 8.09. The molecule has 0 bridgehead atoms. The number of rotatable bonds is 9. The second-order valence-corrected chi connectivity index (χ2v) is 8.05. The van der Waals surface area contributed by atoms with Crippen LogP contribution in [0.15, 0.2) is 29.2 Å². The Bertz CT molecular complexity index is 684. The lowest BCUT2D eigenvalue weighted by atomic mass is 10.1. The van der Waals surface area contributed by atoms with Crippen molar-refractivity contribution in [2.75, 3.05) is 5.32 Å². The molecule has 0 spiro atoms. The van der Waals surface area contributed by atoms with Crippen molar-refractivity contribution in [3.05, 3.63) is 24.3 Å². The molecule has 1 rings (SSSR count). The lowest BCUT2D eigenvalue weighted by molar-refractivity contribution is -0.123. The predicted octanol–water partition coefficient (Wildman–Crippen LogP) is 3.30. The third-order valence-corrected chi connectivity index (χ3v) is 5.37. The summed E-state index contributed by atoms with van der Waals surface area (Å²) in [4.78, 5) is 23.9. The molecule has 0 radical (unpaired) electrons. The zero-order valence-electron chi connectivity index (χ0n) is 15.3. The predicted molar refractivity (Wildman–Crippen MR) is 98.5 cm³/mol. The summed E-state index contributed by atoms with van der Waals surface area (Å²) in [5.74, 6) is -1.07. The van der Waals surface area contributed by atoms with Gasteiger partial charge in [0, 0.05) is 17.5 Å². The summed E-state index contributed by atoms with van der Waals surface area (Å²) >= 11 is 0. The van der Waals surface area contributed by atoms with Crippen molar-refractivity contribution in [3.8, 4) is 0 Å². The number of amides is 2. The first-order valence-electron chi connectivity index (χ1n) is 8.68. The van der Waals surface area contributed by atoms with E-state index in [4.69, 9.17) is 0 Å². The lowest BCUT2D eigenvalue weighted by Gasteiger charge is -2.13. The largest absolute Gasteiger partial charge is 0.326 e. The van der Waals surface area contributed by atoms with Crippen LogP contribution in [0.1, 0.15) is 53.4 Å². The van der Waals surface area contributed by atoms with Gasteiger partial charge < -0.3 is 5.32 Å². The van der Waals surface area contributed by atoms with Gasteiger partial charge in [0.1, 0.15) is 0 Å². The Morgan fingerprint density at radius 2 is 1.40 bits per heavy atom. The number of nitrogens with one attached hydrogen (secondary N) is 2. The number of hydrogen-bond acceptors (Lipinski definition) is 4. The first-order valence-corrected chi connectivity index (χ1v) is 10.2. The Labute approximate surface area is 150 Å². The molecule has 0 aliphatic heterocycles. The molecule has 0 saturated carbocycles. The van der Waals surface area contributed by atoms with Gasteiger partial charge >= 0.3 is 0 Å². The topological polar surface area (TPSA) is 92.3 Å². The first-order chi connectivity index (χ1) is 11.7. The minimum atomic E-state index is -3.91. The molecule has 7 heteroatoms. The van der Waals surface area contributed by atoms with Crippen molar-refractivity contribution in [2.45, 2.75) is 58.3 Å². The van der Waals surface area contributed by atoms with Gasteiger partial charge in [-0.1, -0.05) is 40.5 Å². The molecule has 1 aromatic rings. The van der Waals surface area contributed by atoms with E-state index in [-0.39, 0.29) is 22.6 Å². The van der Waals surface area contributed by atoms with Gasteiger partial charge in [-0.25, -0.2) is 13.1 Å². The van der Waals surface area contributed by atoms with E-state index in [0.717, 1.165) is 19.3 Å². The average molecular weight is 368 g/mol. The van der Waals surface area contributed by atoms with Crippen LogP contribution < -0.4 is 10.0 Å². The molecule has 0 unspecified atom stereocenters. The molecule has 6 nitrogen and oxygen atoms in total. The van der Waals surface area contributed by atoms with Gasteiger partial charge in [0.2, 0.25) is 11.8 Å². The molecule has 0 heterocycles. The minimum Gasteiger partial charge on any atom is -0.326 e. The zero-order valence-corrected chi connectivity index (χ0v) is 16.2. The Morgan fingerprint density at radius 3 is 1.88 bits per heavy atom. The average Bonchev–Trinajstić information content (AvgIpc) is 2.55. The lowest BCUT2D eigenvalue weighted by Crippen LogP contribution is -2.34. The Balaban J connectivity index is 2.77. The highest BCUT2D eigenvalue weighted by molar-refractivity contribution is 7.90. The van der Waals surface area contributed by atoms with Gasteiger partial charge in [-0.15, -0.1) is 0 Å². The van der Waals surface area contributed by atoms with Gasteiger partial charge in [-0.3, -0.25) is 9.59 Å². The molecule has 2 amide bonds. The number of anilines is 1. The van der Waals surface area contributed by atoms with Crippen LogP contribution in [-0.2, 0) is 19.6 Å². The number of carbonyl (C=O) groups is 2. The molecule has 25 heavy (non-hydrogen) atoms. The standard InChI is InChI=1S/C18H28N2O4S/c1-5-7-13(3)17(21)19-15-9-11-16(12-10-15)25(23,24)20-18(22)14(4)8-6-2/h9-14H,5-8H2,1-4H3,(H,19,21)(H,20,22)/t13-,14-/m0/s1. The van der Waals surface area contributed by atoms with Gasteiger partial charge in [0.25, 0.3) is 10.0 Å². The van der Waals surface area contributed by atoms with Gasteiger partial charge in [-0.2, -0.15) is 0 Å². The van der Waals surface area contributed by atoms with Crippen LogP contribution in [-0.4, -0.2) is 20.2 Å². The molecule has 0 aliphatic carbocycles. The third kappa shape index (κ3) is 6.49. The third-order valence-electron chi connectivity index (χ3n) is 4.01. The molecular formula is C18H28N2O4S. The maximum absolute atomic E-state index is 12.3. The minimum absolute atomic E-state index is 0.0100. The Morgan fingerprint density at radius 1 is 0.920 bits per heavy atom. The SMILES string of the molecule is CCC[C@H](C)C(=O)Nc1ccc(S(=O)(=O)NC(=O)[C@@H](C)CCC)cc1. The van der Waals surface area contributed by atoms with E-state index in [1.54, 1.807) is 6.92 Å². The molecule has 2 N–H and O–H groups in total. The number of sulfonamides is 1. The first kappa shape index (κ1) is 21.2. The summed E-state index contributed by atoms with van der Waals surface area (Å²) in [6.45, 7) is 7.50. The highest BCUT2D eigenvalue weighted by atomic mass is 32.2. The monoisotopic (exact) mass is 368 g/mol. The molecule has 2 atom stereocenters. The fourth-order valence-electron chi connectivity index (χ4n) is 2.40. The van der Waals surface area contributed by atoms with Crippen molar-refractivity contribution in [1.29, 1.82) is 0 Å². The number of benzene rings is 1. The van der Waals surface area contributed by atoms with Crippen molar-refractivity contribution in [2.24, 2.45) is 11.8 Å². The summed E-state index contributed by atoms with van der Waals surface area (Å²) in [6.07, 6.45) is 3.14. The maximum atomic E-state index is 12.3. The van der Waals surface area contributed by atoms with Crippen molar-refractivity contribution in [3.63, 3.8) is 0 Å². The smallest absolute Gasteiger partial charge is 0.264 e. The fraction of sp³-hybridized carbons (Fsp3) is 0.556. The van der Waals surface area contributed by atoms with E-state index in [1.165, 1.54) is 24.3 Å². The molecule has 0 saturated heterocycles. The summed E-state index contributed by atoms with van der Waals surface area (Å²) < 4.78 is 26.6. The van der Waals surface area contributed by atoms with E-state index in [0.29, 0.717) is 12.1 Å². The fourth-order valence-corrected chi connectivity index (χ4v) is 3.48. The Hall–Kier alpha value is -1.89. The van der Waals surface area contributed by atoms with E-state index >= 15 is 0 Å². The van der Waals surface area contributed by atoms with Crippen molar-refractivity contribution in [1.82, 2.24) is 4.72 Å². The quantitative estimate of drug-likeness (QED) is 0.699. The molecule has 1 aromatic carbocycles. The summed E-state index contributed by atoms with van der Waals surface area (Å²) in [5.41, 5.74) is 0.526. The maximum Gasteiger partial charge on any atom is 0.264 e. The van der Waals surface area contributed by atoms with Gasteiger partial charge in [-0.05, 0) is 37.1 Å². The van der Waals surface area contributed by atoms with E-state index in [2.05, 4.69) is 10.0 Å². The highest BCUT2D eigenvalue weighted by Gasteiger charge is 2.21. The van der Waals surface area contributed by atoms with E-state index < -0.39 is 15.9 Å². The summed E-state index contributed by atoms with van der Waals surface area (Å²) in [7, 11) is -3.91. The normalized spacial score (nSPS) is 13.8.